The molecule has 1 saturated heterocycles. The Labute approximate surface area is 78.4 Å². The van der Waals surface area contributed by atoms with Crippen molar-refractivity contribution in [3.8, 4) is 0 Å². The highest BCUT2D eigenvalue weighted by Gasteiger charge is 2.48. The maximum atomic E-state index is 11.5. The summed E-state index contributed by atoms with van der Waals surface area (Å²) in [6.45, 7) is 1.13. The van der Waals surface area contributed by atoms with E-state index in [9.17, 15) is 4.79 Å². The van der Waals surface area contributed by atoms with E-state index < -0.39 is 0 Å². The molecule has 0 radical (unpaired) electrons. The Hall–Kier alpha value is -0.570. The van der Waals surface area contributed by atoms with Gasteiger partial charge in [0.25, 0.3) is 0 Å². The van der Waals surface area contributed by atoms with E-state index in [0.717, 1.165) is 12.3 Å². The van der Waals surface area contributed by atoms with Gasteiger partial charge in [-0.2, -0.15) is 0 Å². The number of esters is 1. The molecule has 0 bridgehead atoms. The third-order valence-corrected chi connectivity index (χ3v) is 3.28. The summed E-state index contributed by atoms with van der Waals surface area (Å²) in [5.41, 5.74) is -0.278. The second kappa shape index (κ2) is 3.29. The quantitative estimate of drug-likeness (QED) is 0.621. The van der Waals surface area contributed by atoms with Crippen molar-refractivity contribution < 1.29 is 14.3 Å². The van der Waals surface area contributed by atoms with Crippen molar-refractivity contribution in [2.24, 2.45) is 11.3 Å². The van der Waals surface area contributed by atoms with E-state index >= 15 is 0 Å². The lowest BCUT2D eigenvalue weighted by molar-refractivity contribution is -0.188. The highest BCUT2D eigenvalue weighted by atomic mass is 16.5. The van der Waals surface area contributed by atoms with E-state index in [1.165, 1.54) is 26.4 Å². The van der Waals surface area contributed by atoms with E-state index in [0.29, 0.717) is 13.2 Å². The number of hydrogen-bond acceptors (Lipinski definition) is 3. The fraction of sp³-hybridized carbons (Fsp3) is 0.900. The van der Waals surface area contributed by atoms with Crippen molar-refractivity contribution in [3.05, 3.63) is 0 Å². The van der Waals surface area contributed by atoms with Crippen LogP contribution < -0.4 is 0 Å². The van der Waals surface area contributed by atoms with E-state index in [1.807, 2.05) is 0 Å². The lowest BCUT2D eigenvalue weighted by Crippen LogP contribution is -2.51. The van der Waals surface area contributed by atoms with Gasteiger partial charge in [0.15, 0.2) is 0 Å². The number of rotatable bonds is 3. The molecular weight excluding hydrogens is 168 g/mol. The Morgan fingerprint density at radius 1 is 1.54 bits per heavy atom. The minimum absolute atomic E-state index is 0.0781. The smallest absolute Gasteiger partial charge is 0.316 e. The molecule has 1 aliphatic carbocycles. The molecular formula is C10H16O3. The molecule has 0 spiro atoms. The zero-order valence-corrected chi connectivity index (χ0v) is 8.04. The molecule has 3 heteroatoms. The Balaban J connectivity index is 1.93. The first kappa shape index (κ1) is 9.00. The van der Waals surface area contributed by atoms with Crippen molar-refractivity contribution >= 4 is 5.97 Å². The average molecular weight is 184 g/mol. The molecule has 1 saturated carbocycles. The summed E-state index contributed by atoms with van der Waals surface area (Å²) >= 11 is 0. The summed E-state index contributed by atoms with van der Waals surface area (Å²) < 4.78 is 9.94. The lowest BCUT2D eigenvalue weighted by Gasteiger charge is -2.42. The molecule has 1 heterocycles. The van der Waals surface area contributed by atoms with E-state index in [2.05, 4.69) is 0 Å². The van der Waals surface area contributed by atoms with Crippen molar-refractivity contribution in [1.82, 2.24) is 0 Å². The molecule has 3 nitrogen and oxygen atoms in total. The first-order valence-electron chi connectivity index (χ1n) is 4.93. The predicted octanol–water partition coefficient (Wildman–Crippen LogP) is 1.37. The van der Waals surface area contributed by atoms with E-state index in [-0.39, 0.29) is 11.4 Å². The minimum Gasteiger partial charge on any atom is -0.468 e. The van der Waals surface area contributed by atoms with Gasteiger partial charge >= 0.3 is 5.97 Å². The van der Waals surface area contributed by atoms with Crippen molar-refractivity contribution in [2.45, 2.75) is 25.7 Å². The number of ether oxygens (including phenoxy) is 2. The van der Waals surface area contributed by atoms with Crippen molar-refractivity contribution in [2.75, 3.05) is 20.3 Å². The van der Waals surface area contributed by atoms with Gasteiger partial charge in [0.05, 0.1) is 20.3 Å². The summed E-state index contributed by atoms with van der Waals surface area (Å²) in [6.07, 6.45) is 4.85. The molecule has 0 amide bonds. The lowest BCUT2D eigenvalue weighted by atomic mass is 9.70. The van der Waals surface area contributed by atoms with Crippen LogP contribution in [0.3, 0.4) is 0 Å². The third-order valence-electron chi connectivity index (χ3n) is 3.28. The Morgan fingerprint density at radius 2 is 2.23 bits per heavy atom. The van der Waals surface area contributed by atoms with Gasteiger partial charge in [-0.3, -0.25) is 4.79 Å². The fourth-order valence-electron chi connectivity index (χ4n) is 2.13. The van der Waals surface area contributed by atoms with Crippen LogP contribution in [0, 0.1) is 11.3 Å². The molecule has 2 fully saturated rings. The monoisotopic (exact) mass is 184 g/mol. The molecule has 1 aliphatic heterocycles. The molecule has 0 atom stereocenters. The summed E-state index contributed by atoms with van der Waals surface area (Å²) in [5, 5.41) is 0. The third kappa shape index (κ3) is 1.46. The average Bonchev–Trinajstić information content (AvgIpc) is 1.99. The zero-order chi connectivity index (χ0) is 9.31. The minimum atomic E-state index is -0.278. The molecule has 2 aliphatic rings. The molecule has 2 rings (SSSR count). The molecule has 0 aromatic heterocycles. The fourth-order valence-corrected chi connectivity index (χ4v) is 2.13. The van der Waals surface area contributed by atoms with Crippen LogP contribution in [-0.4, -0.2) is 26.3 Å². The van der Waals surface area contributed by atoms with Gasteiger partial charge in [-0.25, -0.2) is 0 Å². The van der Waals surface area contributed by atoms with E-state index in [1.54, 1.807) is 0 Å². The highest BCUT2D eigenvalue weighted by molar-refractivity contribution is 5.78. The summed E-state index contributed by atoms with van der Waals surface area (Å²) in [7, 11) is 1.46. The molecule has 13 heavy (non-hydrogen) atoms. The van der Waals surface area contributed by atoms with Crippen LogP contribution >= 0.6 is 0 Å². The maximum absolute atomic E-state index is 11.5. The first-order valence-corrected chi connectivity index (χ1v) is 4.93. The van der Waals surface area contributed by atoms with Gasteiger partial charge in [0.2, 0.25) is 0 Å². The maximum Gasteiger partial charge on any atom is 0.316 e. The van der Waals surface area contributed by atoms with Gasteiger partial charge in [0.1, 0.15) is 5.41 Å². The second-order valence-electron chi connectivity index (χ2n) is 4.27. The van der Waals surface area contributed by atoms with Gasteiger partial charge in [-0.05, 0) is 12.3 Å². The van der Waals surface area contributed by atoms with Crippen LogP contribution in [0.25, 0.3) is 0 Å². The largest absolute Gasteiger partial charge is 0.468 e. The van der Waals surface area contributed by atoms with Crippen LogP contribution in [0.4, 0.5) is 0 Å². The van der Waals surface area contributed by atoms with Gasteiger partial charge in [-0.1, -0.05) is 19.3 Å². The number of methoxy groups -OCH3 is 1. The number of carbonyl (C=O) groups excluding carboxylic acids is 1. The second-order valence-corrected chi connectivity index (χ2v) is 4.27. The van der Waals surface area contributed by atoms with Crippen molar-refractivity contribution in [1.29, 1.82) is 0 Å². The summed E-state index contributed by atoms with van der Waals surface area (Å²) in [5.74, 6) is 0.661. The Kier molecular flexibility index (Phi) is 2.28. The standard InChI is InChI=1S/C10H16O3/c1-12-9(11)10(6-13-7-10)5-8-3-2-4-8/h8H,2-7H2,1H3. The van der Waals surface area contributed by atoms with Crippen LogP contribution in [0.2, 0.25) is 0 Å². The predicted molar refractivity (Wildman–Crippen MR) is 47.2 cm³/mol. The SMILES string of the molecule is COC(=O)C1(CC2CCC2)COC1. The normalized spacial score (nSPS) is 25.9. The topological polar surface area (TPSA) is 35.5 Å². The van der Waals surface area contributed by atoms with Crippen molar-refractivity contribution in [3.63, 3.8) is 0 Å². The summed E-state index contributed by atoms with van der Waals surface area (Å²) in [4.78, 5) is 11.5. The molecule has 0 aromatic carbocycles. The van der Waals surface area contributed by atoms with Crippen LogP contribution in [-0.2, 0) is 14.3 Å². The van der Waals surface area contributed by atoms with Gasteiger partial charge < -0.3 is 9.47 Å². The molecule has 0 aromatic rings. The first-order chi connectivity index (χ1) is 6.27. The van der Waals surface area contributed by atoms with Crippen LogP contribution in [0.1, 0.15) is 25.7 Å². The highest BCUT2D eigenvalue weighted by Crippen LogP contribution is 2.42. The molecule has 0 N–H and O–H groups in total. The summed E-state index contributed by atoms with van der Waals surface area (Å²) in [6, 6.07) is 0. The van der Waals surface area contributed by atoms with E-state index in [4.69, 9.17) is 9.47 Å². The van der Waals surface area contributed by atoms with Gasteiger partial charge in [0, 0.05) is 0 Å². The van der Waals surface area contributed by atoms with Crippen LogP contribution in [0.5, 0.6) is 0 Å². The Morgan fingerprint density at radius 3 is 2.54 bits per heavy atom. The Bertz CT molecular complexity index is 204. The number of hydrogen-bond donors (Lipinski definition) is 0. The zero-order valence-electron chi connectivity index (χ0n) is 8.04. The molecule has 0 unspecified atom stereocenters. The number of carbonyl (C=O) groups is 1. The molecule has 74 valence electrons. The van der Waals surface area contributed by atoms with Gasteiger partial charge in [-0.15, -0.1) is 0 Å². The van der Waals surface area contributed by atoms with Crippen LogP contribution in [0.15, 0.2) is 0 Å².